The molecular weight excluding hydrogens is 450 g/mol. The number of amides is 1. The number of nitrogens with one attached hydrogen (secondary N) is 1. The molecule has 0 bridgehead atoms. The Morgan fingerprint density at radius 1 is 1.08 bits per heavy atom. The summed E-state index contributed by atoms with van der Waals surface area (Å²) in [6.07, 6.45) is 6.26. The molecule has 0 saturated heterocycles. The van der Waals surface area contributed by atoms with Crippen molar-refractivity contribution in [3.05, 3.63) is 82.5 Å². The average Bonchev–Trinajstić information content (AvgIpc) is 3.32. The van der Waals surface area contributed by atoms with E-state index in [9.17, 15) is 4.79 Å². The summed E-state index contributed by atoms with van der Waals surface area (Å²) in [6, 6.07) is 16.4. The van der Waals surface area contributed by atoms with E-state index in [4.69, 9.17) is 15.6 Å². The number of anilines is 1. The lowest BCUT2D eigenvalue weighted by molar-refractivity contribution is 0.0742. The Morgan fingerprint density at radius 3 is 2.75 bits per heavy atom. The molecule has 3 aromatic rings. The molecule has 1 aliphatic rings. The van der Waals surface area contributed by atoms with E-state index in [1.54, 1.807) is 6.20 Å². The summed E-state index contributed by atoms with van der Waals surface area (Å²) in [5, 5.41) is 12.3. The van der Waals surface area contributed by atoms with Gasteiger partial charge in [0.15, 0.2) is 0 Å². The van der Waals surface area contributed by atoms with Crippen LogP contribution in [0.3, 0.4) is 0 Å². The summed E-state index contributed by atoms with van der Waals surface area (Å²) in [4.78, 5) is 17.5. The van der Waals surface area contributed by atoms with Crippen molar-refractivity contribution >= 4 is 11.7 Å². The molecule has 36 heavy (non-hydrogen) atoms. The standard InChI is InChI=1S/C30H37N3O3/c1-20-11-12-23(14-21(20)2)18-36-19-25-9-4-10-28(25)33-30(35)27-16-26(17-32-29(27)31)24-8-3-6-22(15-24)7-5-13-34/h3,6,8,11-12,14-17,25,28,34H,4-5,7,9-10,13,18-19H2,1-2H3,(H2,31,32)(H,33,35)/t25-,28+/m1/s1. The number of carbonyl (C=O) groups is 1. The first-order valence-electron chi connectivity index (χ1n) is 12.8. The number of hydrogen-bond acceptors (Lipinski definition) is 5. The number of aliphatic hydroxyl groups excluding tert-OH is 1. The molecule has 1 saturated carbocycles. The Labute approximate surface area is 213 Å². The van der Waals surface area contributed by atoms with Crippen LogP contribution in [-0.4, -0.2) is 35.3 Å². The van der Waals surface area contributed by atoms with Crippen LogP contribution in [0.5, 0.6) is 0 Å². The monoisotopic (exact) mass is 487 g/mol. The topological polar surface area (TPSA) is 97.5 Å². The summed E-state index contributed by atoms with van der Waals surface area (Å²) < 4.78 is 6.05. The number of aromatic nitrogens is 1. The highest BCUT2D eigenvalue weighted by Gasteiger charge is 2.29. The highest BCUT2D eigenvalue weighted by Crippen LogP contribution is 2.28. The highest BCUT2D eigenvalue weighted by molar-refractivity contribution is 5.99. The van der Waals surface area contributed by atoms with Crippen molar-refractivity contribution < 1.29 is 14.6 Å². The van der Waals surface area contributed by atoms with Crippen LogP contribution in [0.25, 0.3) is 11.1 Å². The lowest BCUT2D eigenvalue weighted by Gasteiger charge is -2.21. The summed E-state index contributed by atoms with van der Waals surface area (Å²) in [7, 11) is 0. The summed E-state index contributed by atoms with van der Waals surface area (Å²) in [6.45, 7) is 5.59. The zero-order valence-corrected chi connectivity index (χ0v) is 21.3. The number of nitrogens with two attached hydrogens (primary N) is 1. The van der Waals surface area contributed by atoms with Gasteiger partial charge in [0, 0.05) is 30.3 Å². The number of ether oxygens (including phenoxy) is 1. The van der Waals surface area contributed by atoms with Crippen LogP contribution in [0, 0.1) is 19.8 Å². The van der Waals surface area contributed by atoms with Gasteiger partial charge in [0.2, 0.25) is 0 Å². The molecule has 1 fully saturated rings. The second kappa shape index (κ2) is 12.2. The minimum atomic E-state index is -0.190. The van der Waals surface area contributed by atoms with Crippen molar-refractivity contribution in [2.24, 2.45) is 5.92 Å². The van der Waals surface area contributed by atoms with Gasteiger partial charge in [-0.1, -0.05) is 48.9 Å². The minimum Gasteiger partial charge on any atom is -0.396 e. The number of aliphatic hydroxyl groups is 1. The number of nitrogens with zero attached hydrogens (tertiary/aromatic N) is 1. The van der Waals surface area contributed by atoms with E-state index in [-0.39, 0.29) is 30.3 Å². The second-order valence-electron chi connectivity index (χ2n) is 9.89. The first kappa shape index (κ1) is 25.9. The molecule has 1 aliphatic carbocycles. The Hall–Kier alpha value is -3.22. The minimum absolute atomic E-state index is 0.0575. The predicted octanol–water partition coefficient (Wildman–Crippen LogP) is 4.99. The van der Waals surface area contributed by atoms with Crippen LogP contribution in [0.1, 0.15) is 58.3 Å². The number of pyridine rings is 1. The zero-order valence-electron chi connectivity index (χ0n) is 21.3. The Balaban J connectivity index is 1.39. The van der Waals surface area contributed by atoms with Gasteiger partial charge in [-0.3, -0.25) is 4.79 Å². The van der Waals surface area contributed by atoms with Crippen LogP contribution >= 0.6 is 0 Å². The molecule has 1 aromatic heterocycles. The van der Waals surface area contributed by atoms with Gasteiger partial charge in [0.1, 0.15) is 5.82 Å². The van der Waals surface area contributed by atoms with Gasteiger partial charge in [0.05, 0.1) is 18.8 Å². The third-order valence-corrected chi connectivity index (χ3v) is 7.19. The van der Waals surface area contributed by atoms with Crippen LogP contribution in [0.15, 0.2) is 54.7 Å². The van der Waals surface area contributed by atoms with Gasteiger partial charge in [-0.15, -0.1) is 0 Å². The van der Waals surface area contributed by atoms with Gasteiger partial charge < -0.3 is 20.9 Å². The molecule has 0 radical (unpaired) electrons. The fourth-order valence-corrected chi connectivity index (χ4v) is 4.90. The average molecular weight is 488 g/mol. The third-order valence-electron chi connectivity index (χ3n) is 7.19. The number of benzene rings is 2. The molecule has 2 atom stereocenters. The number of hydrogen-bond donors (Lipinski definition) is 3. The molecule has 0 unspecified atom stereocenters. The lowest BCUT2D eigenvalue weighted by atomic mass is 10.0. The number of carbonyl (C=O) groups excluding carboxylic acids is 1. The van der Waals surface area contributed by atoms with E-state index >= 15 is 0 Å². The van der Waals surface area contributed by atoms with E-state index in [1.165, 1.54) is 16.7 Å². The van der Waals surface area contributed by atoms with Crippen LogP contribution < -0.4 is 11.1 Å². The van der Waals surface area contributed by atoms with Crippen molar-refractivity contribution in [2.75, 3.05) is 18.9 Å². The fourth-order valence-electron chi connectivity index (χ4n) is 4.90. The maximum atomic E-state index is 13.2. The predicted molar refractivity (Wildman–Crippen MR) is 144 cm³/mol. The van der Waals surface area contributed by atoms with Crippen LogP contribution in [0.2, 0.25) is 0 Å². The molecule has 1 heterocycles. The molecule has 6 heteroatoms. The quantitative estimate of drug-likeness (QED) is 0.374. The number of aryl methyl sites for hydroxylation is 3. The first-order chi connectivity index (χ1) is 17.4. The molecule has 4 N–H and O–H groups in total. The maximum Gasteiger partial charge on any atom is 0.255 e. The van der Waals surface area contributed by atoms with E-state index in [2.05, 4.69) is 48.4 Å². The summed E-state index contributed by atoms with van der Waals surface area (Å²) >= 11 is 0. The summed E-state index contributed by atoms with van der Waals surface area (Å²) in [5.74, 6) is 0.318. The molecule has 2 aromatic carbocycles. The normalized spacial score (nSPS) is 17.3. The SMILES string of the molecule is Cc1ccc(COC[C@H]2CCC[C@@H]2NC(=O)c2cc(-c3cccc(CCCO)c3)cnc2N)cc1C. The Kier molecular flexibility index (Phi) is 8.73. The zero-order chi connectivity index (χ0) is 25.5. The van der Waals surface area contributed by atoms with Crippen LogP contribution in [-0.2, 0) is 17.8 Å². The van der Waals surface area contributed by atoms with Gasteiger partial charge in [-0.2, -0.15) is 0 Å². The van der Waals surface area contributed by atoms with E-state index in [1.807, 2.05) is 24.3 Å². The molecule has 190 valence electrons. The van der Waals surface area contributed by atoms with Gasteiger partial charge >= 0.3 is 0 Å². The van der Waals surface area contributed by atoms with Crippen molar-refractivity contribution in [2.45, 2.75) is 58.6 Å². The highest BCUT2D eigenvalue weighted by atomic mass is 16.5. The van der Waals surface area contributed by atoms with E-state index < -0.39 is 0 Å². The van der Waals surface area contributed by atoms with Crippen molar-refractivity contribution in [1.82, 2.24) is 10.3 Å². The smallest absolute Gasteiger partial charge is 0.255 e. The molecule has 4 rings (SSSR count). The first-order valence-corrected chi connectivity index (χ1v) is 12.8. The van der Waals surface area contributed by atoms with Crippen molar-refractivity contribution in [1.29, 1.82) is 0 Å². The molecule has 1 amide bonds. The molecular formula is C30H37N3O3. The van der Waals surface area contributed by atoms with E-state index in [0.29, 0.717) is 25.2 Å². The maximum absolute atomic E-state index is 13.2. The second-order valence-corrected chi connectivity index (χ2v) is 9.89. The Bertz CT molecular complexity index is 1190. The molecule has 6 nitrogen and oxygen atoms in total. The number of rotatable bonds is 10. The lowest BCUT2D eigenvalue weighted by Crippen LogP contribution is -2.39. The van der Waals surface area contributed by atoms with Crippen LogP contribution in [0.4, 0.5) is 5.82 Å². The fraction of sp³-hybridized carbons (Fsp3) is 0.400. The largest absolute Gasteiger partial charge is 0.396 e. The van der Waals surface area contributed by atoms with Crippen molar-refractivity contribution in [3.8, 4) is 11.1 Å². The summed E-state index contributed by atoms with van der Waals surface area (Å²) in [5.41, 5.74) is 13.2. The third kappa shape index (κ3) is 6.50. The van der Waals surface area contributed by atoms with Crippen molar-refractivity contribution in [3.63, 3.8) is 0 Å². The van der Waals surface area contributed by atoms with Gasteiger partial charge in [-0.05, 0) is 73.4 Å². The van der Waals surface area contributed by atoms with Gasteiger partial charge in [-0.25, -0.2) is 4.98 Å². The van der Waals surface area contributed by atoms with Gasteiger partial charge in [0.25, 0.3) is 5.91 Å². The van der Waals surface area contributed by atoms with E-state index in [0.717, 1.165) is 42.4 Å². The number of nitrogen functional groups attached to an aromatic ring is 1. The Morgan fingerprint density at radius 2 is 1.94 bits per heavy atom. The molecule has 0 aliphatic heterocycles. The molecule has 0 spiro atoms.